The van der Waals surface area contributed by atoms with Gasteiger partial charge in [-0.1, -0.05) is 35.5 Å². The maximum Gasteiger partial charge on any atom is 0.246 e. The van der Waals surface area contributed by atoms with Crippen molar-refractivity contribution in [1.82, 2.24) is 20.0 Å². The minimum Gasteiger partial charge on any atom is -0.323 e. The number of anilines is 2. The molecule has 0 bridgehead atoms. The second-order valence-electron chi connectivity index (χ2n) is 5.88. The molecule has 0 spiro atoms. The fraction of sp³-hybridized carbons (Fsp3) is 0.211. The molecule has 8 nitrogen and oxygen atoms in total. The second-order valence-corrected chi connectivity index (χ2v) is 5.88. The molecule has 27 heavy (non-hydrogen) atoms. The van der Waals surface area contributed by atoms with E-state index in [-0.39, 0.29) is 18.4 Å². The lowest BCUT2D eigenvalue weighted by molar-refractivity contribution is -0.117. The number of nitrogens with one attached hydrogen (secondary N) is 1. The molecule has 0 atom stereocenters. The molecule has 0 unspecified atom stereocenters. The molecule has 3 aromatic rings. The molecule has 0 radical (unpaired) electrons. The zero-order chi connectivity index (χ0) is 19.2. The fourth-order valence-corrected chi connectivity index (χ4v) is 2.63. The van der Waals surface area contributed by atoms with Gasteiger partial charge in [-0.3, -0.25) is 14.5 Å². The van der Waals surface area contributed by atoms with Gasteiger partial charge in [0.2, 0.25) is 11.8 Å². The number of hydrogen-bond acceptors (Lipinski definition) is 5. The number of carbonyl (C=O) groups is 2. The van der Waals surface area contributed by atoms with Crippen LogP contribution < -0.4 is 10.2 Å². The molecule has 0 saturated carbocycles. The topological polar surface area (TPSA) is 93.0 Å². The highest BCUT2D eigenvalue weighted by atomic mass is 16.2. The number of aromatic nitrogens is 4. The van der Waals surface area contributed by atoms with Crippen molar-refractivity contribution in [3.8, 4) is 11.3 Å². The third kappa shape index (κ3) is 4.55. The van der Waals surface area contributed by atoms with Gasteiger partial charge in [-0.25, -0.2) is 9.67 Å². The van der Waals surface area contributed by atoms with E-state index in [1.54, 1.807) is 23.2 Å². The van der Waals surface area contributed by atoms with Crippen LogP contribution in [0.2, 0.25) is 0 Å². The average Bonchev–Trinajstić information content (AvgIpc) is 3.12. The summed E-state index contributed by atoms with van der Waals surface area (Å²) in [5.74, 6) is 0.224. The Kier molecular flexibility index (Phi) is 5.55. The van der Waals surface area contributed by atoms with E-state index in [4.69, 9.17) is 0 Å². The summed E-state index contributed by atoms with van der Waals surface area (Å²) in [4.78, 5) is 29.5. The lowest BCUT2D eigenvalue weighted by Crippen LogP contribution is -2.28. The molecule has 0 aliphatic carbocycles. The van der Waals surface area contributed by atoms with Crippen molar-refractivity contribution >= 4 is 23.3 Å². The number of pyridine rings is 1. The molecular formula is C19H20N6O2. The van der Waals surface area contributed by atoms with Crippen LogP contribution in [0.1, 0.15) is 13.8 Å². The quantitative estimate of drug-likeness (QED) is 0.725. The molecule has 2 heterocycles. The Hall–Kier alpha value is -3.55. The normalized spacial score (nSPS) is 10.4. The maximum absolute atomic E-state index is 12.2. The number of amides is 2. The smallest absolute Gasteiger partial charge is 0.246 e. The Morgan fingerprint density at radius 1 is 1.15 bits per heavy atom. The van der Waals surface area contributed by atoms with Crippen LogP contribution in [0, 0.1) is 0 Å². The van der Waals surface area contributed by atoms with Crippen molar-refractivity contribution < 1.29 is 9.59 Å². The summed E-state index contributed by atoms with van der Waals surface area (Å²) in [6.07, 6.45) is 3.25. The molecule has 2 aromatic heterocycles. The fourth-order valence-electron chi connectivity index (χ4n) is 2.63. The van der Waals surface area contributed by atoms with Gasteiger partial charge in [-0.15, -0.1) is 5.10 Å². The van der Waals surface area contributed by atoms with Crippen LogP contribution in [0.3, 0.4) is 0 Å². The van der Waals surface area contributed by atoms with Gasteiger partial charge in [0.05, 0.1) is 18.1 Å². The van der Waals surface area contributed by atoms with Gasteiger partial charge in [0.25, 0.3) is 0 Å². The predicted molar refractivity (Wildman–Crippen MR) is 102 cm³/mol. The van der Waals surface area contributed by atoms with Crippen LogP contribution in [0.4, 0.5) is 11.5 Å². The standard InChI is InChI=1S/C19H20N6O2/c1-3-25(14(2)26)18-10-9-16(11-20-18)21-19(27)13-24-12-17(22-23-24)15-7-5-4-6-8-15/h4-12H,3,13H2,1-2H3,(H,21,27). The maximum atomic E-state index is 12.2. The summed E-state index contributed by atoms with van der Waals surface area (Å²) in [5, 5.41) is 10.8. The molecule has 3 rings (SSSR count). The monoisotopic (exact) mass is 364 g/mol. The lowest BCUT2D eigenvalue weighted by atomic mass is 10.2. The van der Waals surface area contributed by atoms with Crippen LogP contribution in [0.15, 0.2) is 54.9 Å². The summed E-state index contributed by atoms with van der Waals surface area (Å²) in [6.45, 7) is 3.93. The van der Waals surface area contributed by atoms with Crippen LogP contribution in [0.25, 0.3) is 11.3 Å². The molecular weight excluding hydrogens is 344 g/mol. The second kappa shape index (κ2) is 8.22. The van der Waals surface area contributed by atoms with Gasteiger partial charge in [0.1, 0.15) is 18.1 Å². The van der Waals surface area contributed by atoms with E-state index in [0.29, 0.717) is 23.7 Å². The molecule has 0 fully saturated rings. The highest BCUT2D eigenvalue weighted by molar-refractivity contribution is 5.92. The van der Waals surface area contributed by atoms with E-state index in [1.165, 1.54) is 17.8 Å². The molecule has 8 heteroatoms. The van der Waals surface area contributed by atoms with Crippen LogP contribution in [-0.4, -0.2) is 38.3 Å². The summed E-state index contributed by atoms with van der Waals surface area (Å²) in [6, 6.07) is 13.0. The van der Waals surface area contributed by atoms with Gasteiger partial charge in [0.15, 0.2) is 0 Å². The molecule has 1 aromatic carbocycles. The first-order chi connectivity index (χ1) is 13.1. The van der Waals surface area contributed by atoms with Gasteiger partial charge in [-0.05, 0) is 19.1 Å². The van der Waals surface area contributed by atoms with E-state index < -0.39 is 0 Å². The zero-order valence-electron chi connectivity index (χ0n) is 15.2. The minimum atomic E-state index is -0.243. The van der Waals surface area contributed by atoms with Gasteiger partial charge in [0, 0.05) is 19.0 Å². The van der Waals surface area contributed by atoms with E-state index >= 15 is 0 Å². The Morgan fingerprint density at radius 3 is 2.56 bits per heavy atom. The largest absolute Gasteiger partial charge is 0.323 e. The number of nitrogens with zero attached hydrogens (tertiary/aromatic N) is 5. The zero-order valence-corrected chi connectivity index (χ0v) is 15.2. The van der Waals surface area contributed by atoms with Crippen molar-refractivity contribution in [2.75, 3.05) is 16.8 Å². The third-order valence-electron chi connectivity index (χ3n) is 3.92. The van der Waals surface area contributed by atoms with E-state index in [2.05, 4.69) is 20.6 Å². The summed E-state index contributed by atoms with van der Waals surface area (Å²) >= 11 is 0. The summed E-state index contributed by atoms with van der Waals surface area (Å²) < 4.78 is 1.48. The van der Waals surface area contributed by atoms with Crippen molar-refractivity contribution in [3.05, 3.63) is 54.9 Å². The Morgan fingerprint density at radius 2 is 1.93 bits per heavy atom. The minimum absolute atomic E-state index is 0.0378. The van der Waals surface area contributed by atoms with Crippen molar-refractivity contribution in [1.29, 1.82) is 0 Å². The van der Waals surface area contributed by atoms with Crippen molar-refractivity contribution in [2.45, 2.75) is 20.4 Å². The summed E-state index contributed by atoms with van der Waals surface area (Å²) in [5.41, 5.74) is 2.19. The summed E-state index contributed by atoms with van der Waals surface area (Å²) in [7, 11) is 0. The number of hydrogen-bond donors (Lipinski definition) is 1. The molecule has 0 saturated heterocycles. The van der Waals surface area contributed by atoms with E-state index in [1.807, 2.05) is 37.3 Å². The molecule has 138 valence electrons. The Bertz CT molecular complexity index is 921. The number of rotatable bonds is 6. The third-order valence-corrected chi connectivity index (χ3v) is 3.92. The SMILES string of the molecule is CCN(C(C)=O)c1ccc(NC(=O)Cn2cc(-c3ccccc3)nn2)cn1. The number of benzene rings is 1. The highest BCUT2D eigenvalue weighted by Gasteiger charge is 2.11. The number of carbonyl (C=O) groups excluding carboxylic acids is 2. The van der Waals surface area contributed by atoms with Gasteiger partial charge >= 0.3 is 0 Å². The van der Waals surface area contributed by atoms with E-state index in [0.717, 1.165) is 5.56 Å². The van der Waals surface area contributed by atoms with Gasteiger partial charge < -0.3 is 5.32 Å². The molecule has 0 aliphatic heterocycles. The van der Waals surface area contributed by atoms with E-state index in [9.17, 15) is 9.59 Å². The van der Waals surface area contributed by atoms with Crippen LogP contribution in [-0.2, 0) is 16.1 Å². The first kappa shape index (κ1) is 18.2. The van der Waals surface area contributed by atoms with Crippen molar-refractivity contribution in [3.63, 3.8) is 0 Å². The Labute approximate surface area is 156 Å². The molecule has 1 N–H and O–H groups in total. The first-order valence-electron chi connectivity index (χ1n) is 8.56. The predicted octanol–water partition coefficient (Wildman–Crippen LogP) is 2.35. The van der Waals surface area contributed by atoms with Crippen LogP contribution in [0.5, 0.6) is 0 Å². The molecule has 2 amide bonds. The average molecular weight is 364 g/mol. The highest BCUT2D eigenvalue weighted by Crippen LogP contribution is 2.16. The lowest BCUT2D eigenvalue weighted by Gasteiger charge is -2.17. The van der Waals surface area contributed by atoms with Crippen molar-refractivity contribution in [2.24, 2.45) is 0 Å². The Balaban J connectivity index is 1.61. The first-order valence-corrected chi connectivity index (χ1v) is 8.56. The van der Waals surface area contributed by atoms with Crippen LogP contribution >= 0.6 is 0 Å². The van der Waals surface area contributed by atoms with Gasteiger partial charge in [-0.2, -0.15) is 0 Å². The molecule has 0 aliphatic rings.